The van der Waals surface area contributed by atoms with Gasteiger partial charge in [-0.05, 0) is 44.0 Å². The summed E-state index contributed by atoms with van der Waals surface area (Å²) in [6.07, 6.45) is 1.98. The molecule has 0 bridgehead atoms. The van der Waals surface area contributed by atoms with Gasteiger partial charge in [-0.15, -0.1) is 0 Å². The average Bonchev–Trinajstić information content (AvgIpc) is 2.92. The van der Waals surface area contributed by atoms with E-state index in [1.165, 1.54) is 0 Å². The van der Waals surface area contributed by atoms with Crippen molar-refractivity contribution in [3.63, 3.8) is 0 Å². The third-order valence-electron chi connectivity index (χ3n) is 3.02. The molecule has 1 fully saturated rings. The van der Waals surface area contributed by atoms with Crippen molar-refractivity contribution < 1.29 is 14.3 Å². The van der Waals surface area contributed by atoms with E-state index in [9.17, 15) is 9.59 Å². The second kappa shape index (κ2) is 5.67. The van der Waals surface area contributed by atoms with Gasteiger partial charge < -0.3 is 9.64 Å². The van der Waals surface area contributed by atoms with Crippen molar-refractivity contribution in [3.8, 4) is 5.75 Å². The molecular formula is C14H17NO3. The van der Waals surface area contributed by atoms with E-state index in [-0.39, 0.29) is 0 Å². The summed E-state index contributed by atoms with van der Waals surface area (Å²) in [6, 6.07) is 6.71. The first-order valence-corrected chi connectivity index (χ1v) is 6.29. The molecule has 1 aromatic carbocycles. The zero-order valence-electron chi connectivity index (χ0n) is 10.5. The number of nitrogens with zero attached hydrogens (tertiary/aromatic N) is 1. The van der Waals surface area contributed by atoms with Crippen LogP contribution in [-0.4, -0.2) is 36.3 Å². The molecule has 0 aliphatic carbocycles. The number of carbonyl (C=O) groups is 2. The standard InChI is InChI=1S/C14H17NO3/c1-2-18-12-7-5-11(6-8-12)13(16)14(17)15-9-3-4-10-15/h5-8H,2-4,9-10H2,1H3. The minimum absolute atomic E-state index is 0.392. The first kappa shape index (κ1) is 12.6. The molecule has 1 aliphatic heterocycles. The summed E-state index contributed by atoms with van der Waals surface area (Å²) in [6.45, 7) is 3.87. The van der Waals surface area contributed by atoms with Gasteiger partial charge in [0.1, 0.15) is 5.75 Å². The molecule has 0 aromatic heterocycles. The summed E-state index contributed by atoms with van der Waals surface area (Å²) in [5.41, 5.74) is 0.426. The van der Waals surface area contributed by atoms with Gasteiger partial charge in [-0.1, -0.05) is 0 Å². The van der Waals surface area contributed by atoms with E-state index >= 15 is 0 Å². The highest BCUT2D eigenvalue weighted by molar-refractivity contribution is 6.42. The van der Waals surface area contributed by atoms with E-state index in [0.29, 0.717) is 31.0 Å². The van der Waals surface area contributed by atoms with Crippen molar-refractivity contribution in [2.45, 2.75) is 19.8 Å². The maximum absolute atomic E-state index is 12.0. The molecule has 0 spiro atoms. The lowest BCUT2D eigenvalue weighted by atomic mass is 10.1. The zero-order valence-corrected chi connectivity index (χ0v) is 10.5. The topological polar surface area (TPSA) is 46.6 Å². The SMILES string of the molecule is CCOc1ccc(C(=O)C(=O)N2CCCC2)cc1. The molecule has 1 heterocycles. The minimum Gasteiger partial charge on any atom is -0.494 e. The number of benzene rings is 1. The van der Waals surface area contributed by atoms with E-state index < -0.39 is 11.7 Å². The van der Waals surface area contributed by atoms with Crippen LogP contribution in [0.1, 0.15) is 30.1 Å². The highest BCUT2D eigenvalue weighted by atomic mass is 16.5. The Balaban J connectivity index is 2.05. The van der Waals surface area contributed by atoms with Gasteiger partial charge in [-0.3, -0.25) is 9.59 Å². The fraction of sp³-hybridized carbons (Fsp3) is 0.429. The molecule has 1 aromatic rings. The fourth-order valence-electron chi connectivity index (χ4n) is 2.06. The smallest absolute Gasteiger partial charge is 0.294 e. The van der Waals surface area contributed by atoms with Gasteiger partial charge in [-0.25, -0.2) is 0 Å². The number of rotatable bonds is 4. The van der Waals surface area contributed by atoms with E-state index in [2.05, 4.69) is 0 Å². The van der Waals surface area contributed by atoms with Crippen LogP contribution in [0.2, 0.25) is 0 Å². The lowest BCUT2D eigenvalue weighted by Gasteiger charge is -2.13. The lowest BCUT2D eigenvalue weighted by molar-refractivity contribution is -0.125. The number of ketones is 1. The Morgan fingerprint density at radius 2 is 1.78 bits per heavy atom. The Hall–Kier alpha value is -1.84. The maximum atomic E-state index is 12.0. The summed E-state index contributed by atoms with van der Waals surface area (Å²) in [7, 11) is 0. The summed E-state index contributed by atoms with van der Waals surface area (Å²) >= 11 is 0. The molecule has 4 nitrogen and oxygen atoms in total. The van der Waals surface area contributed by atoms with Crippen LogP contribution in [-0.2, 0) is 4.79 Å². The van der Waals surface area contributed by atoms with Gasteiger partial charge in [0.05, 0.1) is 6.61 Å². The van der Waals surface area contributed by atoms with Crippen LogP contribution in [0.3, 0.4) is 0 Å². The van der Waals surface area contributed by atoms with Gasteiger partial charge >= 0.3 is 0 Å². The molecule has 4 heteroatoms. The van der Waals surface area contributed by atoms with Crippen LogP contribution in [0, 0.1) is 0 Å². The summed E-state index contributed by atoms with van der Waals surface area (Å²) in [5.74, 6) is -0.112. The molecule has 1 aliphatic rings. The number of Topliss-reactive ketones (excluding diaryl/α,β-unsaturated/α-hetero) is 1. The molecule has 2 rings (SSSR count). The van der Waals surface area contributed by atoms with E-state index in [4.69, 9.17) is 4.74 Å². The number of amides is 1. The van der Waals surface area contributed by atoms with Gasteiger partial charge in [0.15, 0.2) is 0 Å². The first-order chi connectivity index (χ1) is 8.72. The molecule has 0 unspecified atom stereocenters. The third-order valence-corrected chi connectivity index (χ3v) is 3.02. The Labute approximate surface area is 107 Å². The molecule has 0 radical (unpaired) electrons. The van der Waals surface area contributed by atoms with Gasteiger partial charge in [0, 0.05) is 18.7 Å². The number of hydrogen-bond donors (Lipinski definition) is 0. The van der Waals surface area contributed by atoms with Crippen LogP contribution >= 0.6 is 0 Å². The summed E-state index contributed by atoms with van der Waals surface area (Å²) < 4.78 is 5.29. The number of hydrogen-bond acceptors (Lipinski definition) is 3. The van der Waals surface area contributed by atoms with Crippen molar-refractivity contribution in [1.29, 1.82) is 0 Å². The minimum atomic E-state index is -0.431. The normalized spacial score (nSPS) is 14.6. The number of likely N-dealkylation sites (tertiary alicyclic amines) is 1. The second-order valence-corrected chi connectivity index (χ2v) is 4.29. The van der Waals surface area contributed by atoms with Crippen molar-refractivity contribution in [2.24, 2.45) is 0 Å². The number of ether oxygens (including phenoxy) is 1. The van der Waals surface area contributed by atoms with Crippen LogP contribution in [0.4, 0.5) is 0 Å². The first-order valence-electron chi connectivity index (χ1n) is 6.29. The Kier molecular flexibility index (Phi) is 3.97. The predicted octanol–water partition coefficient (Wildman–Crippen LogP) is 1.89. The highest BCUT2D eigenvalue weighted by Gasteiger charge is 2.25. The largest absolute Gasteiger partial charge is 0.494 e. The molecule has 1 saturated heterocycles. The van der Waals surface area contributed by atoms with Crippen molar-refractivity contribution in [3.05, 3.63) is 29.8 Å². The monoisotopic (exact) mass is 247 g/mol. The molecule has 0 atom stereocenters. The highest BCUT2D eigenvalue weighted by Crippen LogP contribution is 2.15. The van der Waals surface area contributed by atoms with E-state index in [1.54, 1.807) is 29.2 Å². The van der Waals surface area contributed by atoms with Crippen LogP contribution in [0.5, 0.6) is 5.75 Å². The van der Waals surface area contributed by atoms with Gasteiger partial charge in [0.2, 0.25) is 5.78 Å². The Bertz CT molecular complexity index is 433. The van der Waals surface area contributed by atoms with Crippen molar-refractivity contribution >= 4 is 11.7 Å². The van der Waals surface area contributed by atoms with Crippen LogP contribution < -0.4 is 4.74 Å². The maximum Gasteiger partial charge on any atom is 0.294 e. The second-order valence-electron chi connectivity index (χ2n) is 4.29. The predicted molar refractivity (Wildman–Crippen MR) is 67.8 cm³/mol. The van der Waals surface area contributed by atoms with Crippen molar-refractivity contribution in [1.82, 2.24) is 4.90 Å². The van der Waals surface area contributed by atoms with Crippen LogP contribution in [0.25, 0.3) is 0 Å². The molecule has 1 amide bonds. The molecule has 18 heavy (non-hydrogen) atoms. The van der Waals surface area contributed by atoms with Gasteiger partial charge in [0.25, 0.3) is 5.91 Å². The Morgan fingerprint density at radius 3 is 2.33 bits per heavy atom. The molecule has 96 valence electrons. The van der Waals surface area contributed by atoms with Crippen LogP contribution in [0.15, 0.2) is 24.3 Å². The molecule has 0 N–H and O–H groups in total. The summed E-state index contributed by atoms with van der Waals surface area (Å²) in [5, 5.41) is 0. The third kappa shape index (κ3) is 2.70. The quantitative estimate of drug-likeness (QED) is 0.603. The lowest BCUT2D eigenvalue weighted by Crippen LogP contribution is -2.34. The van der Waals surface area contributed by atoms with E-state index in [1.807, 2.05) is 6.92 Å². The van der Waals surface area contributed by atoms with Gasteiger partial charge in [-0.2, -0.15) is 0 Å². The number of carbonyl (C=O) groups excluding carboxylic acids is 2. The fourth-order valence-corrected chi connectivity index (χ4v) is 2.06. The average molecular weight is 247 g/mol. The van der Waals surface area contributed by atoms with Crippen molar-refractivity contribution in [2.75, 3.05) is 19.7 Å². The molecular weight excluding hydrogens is 230 g/mol. The zero-order chi connectivity index (χ0) is 13.0. The molecule has 0 saturated carbocycles. The summed E-state index contributed by atoms with van der Waals surface area (Å²) in [4.78, 5) is 25.5. The Morgan fingerprint density at radius 1 is 1.17 bits per heavy atom. The van der Waals surface area contributed by atoms with E-state index in [0.717, 1.165) is 12.8 Å².